The van der Waals surface area contributed by atoms with E-state index in [1.807, 2.05) is 84.9 Å². The highest BCUT2D eigenvalue weighted by Gasteiger charge is 2.72. The van der Waals surface area contributed by atoms with Crippen molar-refractivity contribution in [2.24, 2.45) is 11.8 Å². The van der Waals surface area contributed by atoms with E-state index < -0.39 is 72.2 Å². The Morgan fingerprint density at radius 1 is 0.891 bits per heavy atom. The minimum absolute atomic E-state index is 0.0538. The van der Waals surface area contributed by atoms with Crippen molar-refractivity contribution in [1.29, 1.82) is 0 Å². The summed E-state index contributed by atoms with van der Waals surface area (Å²) in [5.41, 5.74) is 0.292. The molecule has 0 saturated carbocycles. The van der Waals surface area contributed by atoms with Crippen LogP contribution in [0.15, 0.2) is 127 Å². The van der Waals surface area contributed by atoms with Crippen LogP contribution < -0.4 is 10.2 Å². The molecule has 55 heavy (non-hydrogen) atoms. The molecule has 4 aliphatic heterocycles. The van der Waals surface area contributed by atoms with E-state index in [2.05, 4.69) is 5.32 Å². The van der Waals surface area contributed by atoms with E-state index in [1.54, 1.807) is 47.4 Å². The highest BCUT2D eigenvalue weighted by atomic mass is 16.6. The van der Waals surface area contributed by atoms with Crippen molar-refractivity contribution in [2.75, 3.05) is 31.8 Å². The molecule has 4 heterocycles. The molecule has 11 nitrogen and oxygen atoms in total. The summed E-state index contributed by atoms with van der Waals surface area (Å²) in [6.07, 6.45) is 5.61. The third-order valence-corrected chi connectivity index (χ3v) is 11.2. The molecule has 4 aromatic rings. The average molecular weight is 742 g/mol. The fraction of sp³-hybridized carbons (Fsp3) is 0.318. The molecule has 0 aliphatic carbocycles. The number of nitrogens with one attached hydrogen (secondary N) is 1. The number of amides is 3. The number of allylic oxidation sites excluding steroid dienone is 1. The van der Waals surface area contributed by atoms with E-state index in [1.165, 1.54) is 12.0 Å². The number of nitrogens with zero attached hydrogens (tertiary/aromatic N) is 2. The van der Waals surface area contributed by atoms with Crippen LogP contribution in [0.1, 0.15) is 36.1 Å². The van der Waals surface area contributed by atoms with Crippen LogP contribution in [0.2, 0.25) is 0 Å². The molecule has 1 spiro atoms. The molecule has 0 aromatic heterocycles. The summed E-state index contributed by atoms with van der Waals surface area (Å²) in [6.45, 7) is -0.242. The van der Waals surface area contributed by atoms with E-state index in [-0.39, 0.29) is 25.5 Å². The number of carbonyl (C=O) groups excluding carboxylic acids is 4. The normalized spacial score (nSPS) is 29.3. The van der Waals surface area contributed by atoms with Crippen LogP contribution in [0.3, 0.4) is 0 Å². The van der Waals surface area contributed by atoms with Crippen molar-refractivity contribution < 1.29 is 38.5 Å². The van der Waals surface area contributed by atoms with E-state index >= 15 is 9.59 Å². The third-order valence-electron chi connectivity index (χ3n) is 11.2. The molecule has 282 valence electrons. The van der Waals surface area contributed by atoms with E-state index in [0.717, 1.165) is 10.8 Å². The van der Waals surface area contributed by atoms with Crippen molar-refractivity contribution in [1.82, 2.24) is 10.2 Å². The van der Waals surface area contributed by atoms with Gasteiger partial charge in [0.25, 0.3) is 5.91 Å². The molecule has 2 fully saturated rings. The molecular weight excluding hydrogens is 698 g/mol. The fourth-order valence-corrected chi connectivity index (χ4v) is 8.77. The molecule has 2 N–H and O–H groups in total. The zero-order valence-corrected chi connectivity index (χ0v) is 30.4. The number of cyclic esters (lactones) is 1. The van der Waals surface area contributed by atoms with E-state index in [0.29, 0.717) is 23.2 Å². The number of esters is 1. The Bertz CT molecular complexity index is 2140. The molecule has 8 rings (SSSR count). The number of rotatable bonds is 7. The summed E-state index contributed by atoms with van der Waals surface area (Å²) in [7, 11) is 1.51. The monoisotopic (exact) mass is 741 g/mol. The Kier molecular flexibility index (Phi) is 10.1. The lowest BCUT2D eigenvalue weighted by Crippen LogP contribution is -2.56. The minimum Gasteiger partial charge on any atom is -0.455 e. The van der Waals surface area contributed by atoms with Crippen LogP contribution in [-0.4, -0.2) is 84.4 Å². The molecule has 11 heteroatoms. The standard InChI is InChI=1S/C44H43N3O8/c1-53-27-33-39(30-16-6-3-7-17-30)54-43(52)37-35(19-10-11-20-36(49)45-33)55-44-23-12-24-46(32-22-21-28-13-8-9-18-31(28)25-32)42(51)40(44)47(41(50)38(37)44)34(26-48)29-14-4-2-5-15-29/h2-10,12-19,21-23,25,33-35,37-40,48H,11,20,24,26-27H2,1H3,(H,45,49)/b19-10-/t33-,34-,35-,37+,38+,39-,40-,44+/m1/s1. The maximum Gasteiger partial charge on any atom is 0.313 e. The second-order valence-corrected chi connectivity index (χ2v) is 14.4. The van der Waals surface area contributed by atoms with Gasteiger partial charge in [-0.25, -0.2) is 0 Å². The molecule has 3 amide bonds. The second kappa shape index (κ2) is 15.3. The van der Waals surface area contributed by atoms with Gasteiger partial charge in [0.2, 0.25) is 11.8 Å². The summed E-state index contributed by atoms with van der Waals surface area (Å²) in [5, 5.41) is 15.9. The van der Waals surface area contributed by atoms with E-state index in [9.17, 15) is 14.7 Å². The summed E-state index contributed by atoms with van der Waals surface area (Å²) in [4.78, 5) is 61.5. The number of ether oxygens (including phenoxy) is 3. The summed E-state index contributed by atoms with van der Waals surface area (Å²) < 4.78 is 18.8. The molecule has 4 aromatic carbocycles. The maximum atomic E-state index is 15.3. The third kappa shape index (κ3) is 6.52. The van der Waals surface area contributed by atoms with Gasteiger partial charge in [0.05, 0.1) is 37.3 Å². The smallest absolute Gasteiger partial charge is 0.313 e. The molecular formula is C44H43N3O8. The first-order valence-electron chi connectivity index (χ1n) is 18.7. The van der Waals surface area contributed by atoms with Crippen LogP contribution in [0.25, 0.3) is 10.8 Å². The number of methoxy groups -OCH3 is 1. The number of hydrogen-bond donors (Lipinski definition) is 2. The Morgan fingerprint density at radius 3 is 2.36 bits per heavy atom. The maximum absolute atomic E-state index is 15.3. The number of fused-ring (bicyclic) bond motifs is 3. The van der Waals surface area contributed by atoms with Crippen molar-refractivity contribution in [3.8, 4) is 0 Å². The topological polar surface area (TPSA) is 135 Å². The largest absolute Gasteiger partial charge is 0.455 e. The first-order chi connectivity index (χ1) is 26.8. The highest BCUT2D eigenvalue weighted by molar-refractivity contribution is 6.06. The van der Waals surface area contributed by atoms with Gasteiger partial charge in [-0.2, -0.15) is 0 Å². The quantitative estimate of drug-likeness (QED) is 0.204. The molecule has 0 unspecified atom stereocenters. The van der Waals surface area contributed by atoms with Crippen LogP contribution in [0.4, 0.5) is 5.69 Å². The predicted octanol–water partition coefficient (Wildman–Crippen LogP) is 4.82. The van der Waals surface area contributed by atoms with Crippen LogP contribution in [-0.2, 0) is 33.4 Å². The van der Waals surface area contributed by atoms with Crippen molar-refractivity contribution in [3.63, 3.8) is 0 Å². The minimum atomic E-state index is -1.61. The Balaban J connectivity index is 1.26. The van der Waals surface area contributed by atoms with Crippen LogP contribution in [0.5, 0.6) is 0 Å². The zero-order valence-electron chi connectivity index (χ0n) is 30.4. The van der Waals surface area contributed by atoms with Crippen LogP contribution >= 0.6 is 0 Å². The van der Waals surface area contributed by atoms with Gasteiger partial charge in [-0.05, 0) is 40.5 Å². The lowest BCUT2D eigenvalue weighted by molar-refractivity contribution is -0.162. The number of carbonyl (C=O) groups is 4. The lowest BCUT2D eigenvalue weighted by atomic mass is 9.77. The molecule has 8 atom stereocenters. The van der Waals surface area contributed by atoms with Gasteiger partial charge < -0.3 is 34.4 Å². The van der Waals surface area contributed by atoms with Gasteiger partial charge in [0.15, 0.2) is 0 Å². The number of anilines is 1. The number of benzene rings is 4. The van der Waals surface area contributed by atoms with Gasteiger partial charge in [-0.1, -0.05) is 115 Å². The number of aliphatic hydroxyl groups excluding tert-OH is 1. The molecule has 0 bridgehead atoms. The summed E-state index contributed by atoms with van der Waals surface area (Å²) >= 11 is 0. The molecule has 2 saturated heterocycles. The first-order valence-corrected chi connectivity index (χ1v) is 18.7. The number of likely N-dealkylation sites (tertiary alicyclic amines) is 1. The zero-order chi connectivity index (χ0) is 38.1. The first kappa shape index (κ1) is 36.4. The summed E-state index contributed by atoms with van der Waals surface area (Å²) in [5.74, 6) is -4.24. The van der Waals surface area contributed by atoms with Gasteiger partial charge in [-0.3, -0.25) is 19.2 Å². The second-order valence-electron chi connectivity index (χ2n) is 14.4. The Labute approximate surface area is 319 Å². The molecule has 4 aliphatic rings. The van der Waals surface area contributed by atoms with Gasteiger partial charge >= 0.3 is 5.97 Å². The lowest BCUT2D eigenvalue weighted by Gasteiger charge is -2.38. The van der Waals surface area contributed by atoms with E-state index in [4.69, 9.17) is 14.2 Å². The van der Waals surface area contributed by atoms with Gasteiger partial charge in [0, 0.05) is 25.8 Å². The van der Waals surface area contributed by atoms with Crippen molar-refractivity contribution in [3.05, 3.63) is 139 Å². The Hall–Kier alpha value is -5.62. The van der Waals surface area contributed by atoms with Crippen LogP contribution in [0, 0.1) is 11.8 Å². The number of aliphatic hydroxyl groups is 1. The van der Waals surface area contributed by atoms with Gasteiger partial charge in [-0.15, -0.1) is 0 Å². The number of hydrogen-bond acceptors (Lipinski definition) is 8. The average Bonchev–Trinajstić information content (AvgIpc) is 3.59. The van der Waals surface area contributed by atoms with Gasteiger partial charge in [0.1, 0.15) is 23.7 Å². The fourth-order valence-electron chi connectivity index (χ4n) is 8.77. The Morgan fingerprint density at radius 2 is 1.62 bits per heavy atom. The SMILES string of the molecule is COC[C@H]1NC(=O)CC/C=C\[C@H]2O[C@]34C=CCN(c5ccc6ccccc6c5)C(=O)[C@H]3N([C@H](CO)c3ccccc3)C(=O)[C@@H]4[C@H]2C(=O)O[C@@H]1c1ccccc1. The highest BCUT2D eigenvalue weighted by Crippen LogP contribution is 2.55. The summed E-state index contributed by atoms with van der Waals surface area (Å²) in [6, 6.07) is 28.9. The molecule has 0 radical (unpaired) electrons. The van der Waals surface area contributed by atoms with Crippen molar-refractivity contribution in [2.45, 2.75) is 48.8 Å². The predicted molar refractivity (Wildman–Crippen MR) is 204 cm³/mol. The van der Waals surface area contributed by atoms with Crippen molar-refractivity contribution >= 4 is 40.2 Å².